The van der Waals surface area contributed by atoms with Crippen molar-refractivity contribution in [3.05, 3.63) is 46.8 Å². The Balaban J connectivity index is 1.76. The van der Waals surface area contributed by atoms with Crippen molar-refractivity contribution in [3.63, 3.8) is 0 Å². The molecule has 0 radical (unpaired) electrons. The standard InChI is InChI=1S/C20H27N3O2/c1-14-8-5-6-10-19(14)23-16(3)18(15(2)21-23)13-22(4)20(24)12-17-9-7-11-25-17/h5-6,8,10,17H,7,9,11-13H2,1-4H3/t17-/m0/s1. The summed E-state index contributed by atoms with van der Waals surface area (Å²) in [5.74, 6) is 0.134. The molecular weight excluding hydrogens is 314 g/mol. The first-order valence-electron chi connectivity index (χ1n) is 8.94. The topological polar surface area (TPSA) is 47.4 Å². The van der Waals surface area contributed by atoms with Crippen LogP contribution in [0.5, 0.6) is 0 Å². The van der Waals surface area contributed by atoms with E-state index in [0.717, 1.165) is 42.1 Å². The first-order valence-corrected chi connectivity index (χ1v) is 8.94. The molecule has 0 unspecified atom stereocenters. The fourth-order valence-electron chi connectivity index (χ4n) is 3.42. The Hall–Kier alpha value is -2.14. The molecule has 1 aliphatic rings. The fraction of sp³-hybridized carbons (Fsp3) is 0.500. The summed E-state index contributed by atoms with van der Waals surface area (Å²) in [5.41, 5.74) is 5.44. The SMILES string of the molecule is Cc1ccccc1-n1nc(C)c(CN(C)C(=O)C[C@@H]2CCCO2)c1C. The minimum absolute atomic E-state index is 0.0897. The Morgan fingerprint density at radius 2 is 2.08 bits per heavy atom. The highest BCUT2D eigenvalue weighted by atomic mass is 16.5. The number of para-hydroxylation sites is 1. The van der Waals surface area contributed by atoms with Crippen molar-refractivity contribution >= 4 is 5.91 Å². The van der Waals surface area contributed by atoms with Crippen LogP contribution >= 0.6 is 0 Å². The van der Waals surface area contributed by atoms with Gasteiger partial charge in [0.25, 0.3) is 0 Å². The zero-order valence-corrected chi connectivity index (χ0v) is 15.6. The van der Waals surface area contributed by atoms with E-state index in [-0.39, 0.29) is 12.0 Å². The van der Waals surface area contributed by atoms with Crippen LogP contribution in [0.25, 0.3) is 5.69 Å². The molecule has 1 aromatic carbocycles. The highest BCUT2D eigenvalue weighted by Gasteiger charge is 2.23. The normalized spacial score (nSPS) is 17.0. The number of rotatable bonds is 5. The number of carbonyl (C=O) groups is 1. The average Bonchev–Trinajstić information content (AvgIpc) is 3.18. The van der Waals surface area contributed by atoms with Gasteiger partial charge in [0.2, 0.25) is 5.91 Å². The van der Waals surface area contributed by atoms with Gasteiger partial charge in [-0.3, -0.25) is 4.79 Å². The van der Waals surface area contributed by atoms with Crippen LogP contribution in [0.1, 0.15) is 41.8 Å². The van der Waals surface area contributed by atoms with Crippen molar-refractivity contribution in [3.8, 4) is 5.69 Å². The Labute approximate surface area is 149 Å². The van der Waals surface area contributed by atoms with Crippen molar-refractivity contribution in [2.45, 2.75) is 52.7 Å². The maximum atomic E-state index is 12.5. The molecule has 5 heteroatoms. The number of nitrogens with zero attached hydrogens (tertiary/aromatic N) is 3. The summed E-state index contributed by atoms with van der Waals surface area (Å²) in [4.78, 5) is 14.3. The molecule has 0 spiro atoms. The molecule has 134 valence electrons. The molecule has 1 aliphatic heterocycles. The van der Waals surface area contributed by atoms with E-state index in [4.69, 9.17) is 9.84 Å². The van der Waals surface area contributed by atoms with Gasteiger partial charge in [-0.2, -0.15) is 5.10 Å². The molecule has 0 bridgehead atoms. The van der Waals surface area contributed by atoms with Crippen molar-refractivity contribution in [1.29, 1.82) is 0 Å². The second-order valence-corrected chi connectivity index (χ2v) is 6.94. The molecule has 3 rings (SSSR count). The maximum absolute atomic E-state index is 12.5. The van der Waals surface area contributed by atoms with Gasteiger partial charge < -0.3 is 9.64 Å². The molecule has 2 aromatic rings. The van der Waals surface area contributed by atoms with Crippen LogP contribution in [-0.4, -0.2) is 40.3 Å². The van der Waals surface area contributed by atoms with Crippen LogP contribution in [0.3, 0.4) is 0 Å². The van der Waals surface area contributed by atoms with Gasteiger partial charge in [-0.25, -0.2) is 4.68 Å². The monoisotopic (exact) mass is 341 g/mol. The fourth-order valence-corrected chi connectivity index (χ4v) is 3.42. The number of hydrogen-bond acceptors (Lipinski definition) is 3. The van der Waals surface area contributed by atoms with Crippen molar-refractivity contribution in [2.24, 2.45) is 0 Å². The quantitative estimate of drug-likeness (QED) is 0.838. The first kappa shape index (κ1) is 17.7. The van der Waals surface area contributed by atoms with Crippen LogP contribution in [0, 0.1) is 20.8 Å². The molecular formula is C20H27N3O2. The molecule has 1 atom stereocenters. The summed E-state index contributed by atoms with van der Waals surface area (Å²) in [7, 11) is 1.86. The molecule has 0 aliphatic carbocycles. The molecule has 1 aromatic heterocycles. The Morgan fingerprint density at radius 3 is 2.76 bits per heavy atom. The van der Waals surface area contributed by atoms with E-state index in [0.29, 0.717) is 13.0 Å². The van der Waals surface area contributed by atoms with Gasteiger partial charge in [0.05, 0.1) is 23.9 Å². The van der Waals surface area contributed by atoms with Gasteiger partial charge in [0.1, 0.15) is 0 Å². The van der Waals surface area contributed by atoms with E-state index in [1.807, 2.05) is 30.8 Å². The van der Waals surface area contributed by atoms with Crippen molar-refractivity contribution < 1.29 is 9.53 Å². The summed E-state index contributed by atoms with van der Waals surface area (Å²) < 4.78 is 7.57. The van der Waals surface area contributed by atoms with E-state index in [1.165, 1.54) is 5.56 Å². The third-order valence-electron chi connectivity index (χ3n) is 5.03. The number of amides is 1. The molecule has 0 saturated carbocycles. The summed E-state index contributed by atoms with van der Waals surface area (Å²) >= 11 is 0. The van der Waals surface area contributed by atoms with E-state index < -0.39 is 0 Å². The minimum Gasteiger partial charge on any atom is -0.378 e. The van der Waals surface area contributed by atoms with Gasteiger partial charge in [0.15, 0.2) is 0 Å². The van der Waals surface area contributed by atoms with Crippen molar-refractivity contribution in [2.75, 3.05) is 13.7 Å². The van der Waals surface area contributed by atoms with Crippen LogP contribution < -0.4 is 0 Å². The number of ether oxygens (including phenoxy) is 1. The molecule has 1 amide bonds. The third kappa shape index (κ3) is 3.76. The Kier molecular flexibility index (Phi) is 5.23. The highest BCUT2D eigenvalue weighted by molar-refractivity contribution is 5.76. The second-order valence-electron chi connectivity index (χ2n) is 6.94. The lowest BCUT2D eigenvalue weighted by Crippen LogP contribution is -2.29. The molecule has 0 N–H and O–H groups in total. The van der Waals surface area contributed by atoms with Crippen LogP contribution in [-0.2, 0) is 16.1 Å². The predicted octanol–water partition coefficient (Wildman–Crippen LogP) is 3.33. The maximum Gasteiger partial charge on any atom is 0.225 e. The molecule has 25 heavy (non-hydrogen) atoms. The van der Waals surface area contributed by atoms with Crippen LogP contribution in [0.4, 0.5) is 0 Å². The van der Waals surface area contributed by atoms with E-state index in [1.54, 1.807) is 4.90 Å². The highest BCUT2D eigenvalue weighted by Crippen LogP contribution is 2.22. The van der Waals surface area contributed by atoms with Gasteiger partial charge >= 0.3 is 0 Å². The molecule has 5 nitrogen and oxygen atoms in total. The lowest BCUT2D eigenvalue weighted by Gasteiger charge is -2.19. The lowest BCUT2D eigenvalue weighted by atomic mass is 10.1. The third-order valence-corrected chi connectivity index (χ3v) is 5.03. The summed E-state index contributed by atoms with van der Waals surface area (Å²) in [6.07, 6.45) is 2.61. The largest absolute Gasteiger partial charge is 0.378 e. The molecule has 1 saturated heterocycles. The Bertz CT molecular complexity index is 760. The molecule has 1 fully saturated rings. The van der Waals surface area contributed by atoms with Gasteiger partial charge in [0, 0.05) is 31.5 Å². The van der Waals surface area contributed by atoms with Crippen LogP contribution in [0.15, 0.2) is 24.3 Å². The van der Waals surface area contributed by atoms with E-state index >= 15 is 0 Å². The number of benzene rings is 1. The molecule has 2 heterocycles. The smallest absolute Gasteiger partial charge is 0.225 e. The number of carbonyl (C=O) groups excluding carboxylic acids is 1. The van der Waals surface area contributed by atoms with E-state index in [2.05, 4.69) is 26.0 Å². The summed E-state index contributed by atoms with van der Waals surface area (Å²) in [5, 5.41) is 4.71. The predicted molar refractivity (Wildman–Crippen MR) is 97.8 cm³/mol. The Morgan fingerprint density at radius 1 is 1.32 bits per heavy atom. The minimum atomic E-state index is 0.0897. The van der Waals surface area contributed by atoms with Gasteiger partial charge in [-0.15, -0.1) is 0 Å². The van der Waals surface area contributed by atoms with Gasteiger partial charge in [-0.05, 0) is 45.2 Å². The van der Waals surface area contributed by atoms with Crippen LogP contribution in [0.2, 0.25) is 0 Å². The summed E-state index contributed by atoms with van der Waals surface area (Å²) in [6, 6.07) is 8.21. The summed E-state index contributed by atoms with van der Waals surface area (Å²) in [6.45, 7) is 7.52. The van der Waals surface area contributed by atoms with E-state index in [9.17, 15) is 4.79 Å². The lowest BCUT2D eigenvalue weighted by molar-refractivity contribution is -0.132. The van der Waals surface area contributed by atoms with Gasteiger partial charge in [-0.1, -0.05) is 18.2 Å². The second kappa shape index (κ2) is 7.40. The van der Waals surface area contributed by atoms with Crippen molar-refractivity contribution in [1.82, 2.24) is 14.7 Å². The average molecular weight is 341 g/mol. The zero-order valence-electron chi connectivity index (χ0n) is 15.6. The first-order chi connectivity index (χ1) is 12.0. The zero-order chi connectivity index (χ0) is 18.0. The number of hydrogen-bond donors (Lipinski definition) is 0. The number of aromatic nitrogens is 2. The number of aryl methyl sites for hydroxylation is 2.